The number of primary amides is 1. The number of nitrogens with zero attached hydrogens (tertiary/aromatic N) is 3. The van der Waals surface area contributed by atoms with E-state index < -0.39 is 17.8 Å². The predicted molar refractivity (Wildman–Crippen MR) is 122 cm³/mol. The number of carbonyl (C=O) groups is 3. The second-order valence-electron chi connectivity index (χ2n) is 9.01. The SMILES string of the molecule is NC(=O)C1CC(C(=O)N2CCC(NC(=O)NC3CCCCC3)CC2)=NN1c1ccc(F)cc1. The van der Waals surface area contributed by atoms with E-state index in [4.69, 9.17) is 5.73 Å². The first kappa shape index (κ1) is 23.0. The maximum Gasteiger partial charge on any atom is 0.315 e. The number of benzene rings is 1. The van der Waals surface area contributed by atoms with Crippen LogP contribution in [0.1, 0.15) is 51.4 Å². The quantitative estimate of drug-likeness (QED) is 0.624. The normalized spacial score (nSPS) is 22.1. The summed E-state index contributed by atoms with van der Waals surface area (Å²) in [5.74, 6) is -1.24. The molecule has 2 fully saturated rings. The van der Waals surface area contributed by atoms with Crippen molar-refractivity contribution in [2.45, 2.75) is 69.5 Å². The van der Waals surface area contributed by atoms with E-state index in [0.717, 1.165) is 25.7 Å². The Labute approximate surface area is 192 Å². The van der Waals surface area contributed by atoms with Gasteiger partial charge in [-0.1, -0.05) is 19.3 Å². The zero-order valence-corrected chi connectivity index (χ0v) is 18.6. The summed E-state index contributed by atoms with van der Waals surface area (Å²) in [5, 5.41) is 11.8. The topological polar surface area (TPSA) is 120 Å². The van der Waals surface area contributed by atoms with Crippen LogP contribution in [0, 0.1) is 5.82 Å². The van der Waals surface area contributed by atoms with E-state index in [1.54, 1.807) is 4.90 Å². The number of nitrogens with one attached hydrogen (secondary N) is 2. The molecule has 1 saturated heterocycles. The van der Waals surface area contributed by atoms with Crippen molar-refractivity contribution in [2.24, 2.45) is 10.8 Å². The Morgan fingerprint density at radius 1 is 0.939 bits per heavy atom. The molecule has 4 amide bonds. The third-order valence-corrected chi connectivity index (χ3v) is 6.63. The molecule has 3 aliphatic rings. The van der Waals surface area contributed by atoms with Gasteiger partial charge in [-0.3, -0.25) is 14.6 Å². The molecule has 4 rings (SSSR count). The van der Waals surface area contributed by atoms with Gasteiger partial charge in [0.1, 0.15) is 17.6 Å². The molecular formula is C23H31FN6O3. The minimum Gasteiger partial charge on any atom is -0.368 e. The van der Waals surface area contributed by atoms with Crippen molar-refractivity contribution >= 4 is 29.2 Å². The summed E-state index contributed by atoms with van der Waals surface area (Å²) in [6.45, 7) is 0.980. The first-order valence-electron chi connectivity index (χ1n) is 11.7. The largest absolute Gasteiger partial charge is 0.368 e. The van der Waals surface area contributed by atoms with Crippen LogP contribution in [0.2, 0.25) is 0 Å². The van der Waals surface area contributed by atoms with Gasteiger partial charge in [-0.15, -0.1) is 0 Å². The highest BCUT2D eigenvalue weighted by Crippen LogP contribution is 2.26. The standard InChI is InChI=1S/C23H31FN6O3/c24-15-6-8-18(9-7-15)30-20(21(25)31)14-19(28-30)22(32)29-12-10-17(11-13-29)27-23(33)26-16-4-2-1-3-5-16/h6-9,16-17,20H,1-5,10-14H2,(H2,25,31)(H2,26,27,33). The van der Waals surface area contributed by atoms with Crippen molar-refractivity contribution in [2.75, 3.05) is 18.1 Å². The summed E-state index contributed by atoms with van der Waals surface area (Å²) in [4.78, 5) is 39.0. The summed E-state index contributed by atoms with van der Waals surface area (Å²) < 4.78 is 13.3. The Morgan fingerprint density at radius 3 is 2.15 bits per heavy atom. The molecule has 1 aliphatic carbocycles. The Morgan fingerprint density at radius 2 is 1.55 bits per heavy atom. The van der Waals surface area contributed by atoms with E-state index >= 15 is 0 Å². The van der Waals surface area contributed by atoms with Crippen molar-refractivity contribution in [3.8, 4) is 0 Å². The van der Waals surface area contributed by atoms with Crippen molar-refractivity contribution in [3.05, 3.63) is 30.1 Å². The van der Waals surface area contributed by atoms with Crippen LogP contribution in [0.4, 0.5) is 14.9 Å². The van der Waals surface area contributed by atoms with Crippen LogP contribution in [0.15, 0.2) is 29.4 Å². The molecule has 4 N–H and O–H groups in total. The highest BCUT2D eigenvalue weighted by molar-refractivity contribution is 6.40. The first-order valence-corrected chi connectivity index (χ1v) is 11.7. The second-order valence-corrected chi connectivity index (χ2v) is 9.01. The maximum absolute atomic E-state index is 13.3. The van der Waals surface area contributed by atoms with Crippen molar-refractivity contribution in [1.29, 1.82) is 0 Å². The average molecular weight is 459 g/mol. The number of nitrogens with two attached hydrogens (primary N) is 1. The summed E-state index contributed by atoms with van der Waals surface area (Å²) in [6.07, 6.45) is 7.02. The zero-order valence-electron chi connectivity index (χ0n) is 18.6. The number of anilines is 1. The highest BCUT2D eigenvalue weighted by atomic mass is 19.1. The number of carbonyl (C=O) groups excluding carboxylic acids is 3. The average Bonchev–Trinajstić information content (AvgIpc) is 3.26. The van der Waals surface area contributed by atoms with Crippen molar-refractivity contribution < 1.29 is 18.8 Å². The lowest BCUT2D eigenvalue weighted by molar-refractivity contribution is -0.125. The number of halogens is 1. The summed E-state index contributed by atoms with van der Waals surface area (Å²) in [5.41, 5.74) is 6.28. The second kappa shape index (κ2) is 10.2. The number of piperidine rings is 1. The molecule has 0 aromatic heterocycles. The minimum absolute atomic E-state index is 0.0113. The molecule has 0 spiro atoms. The molecular weight excluding hydrogens is 427 g/mol. The molecule has 2 heterocycles. The van der Waals surface area contributed by atoms with Gasteiger partial charge in [0, 0.05) is 31.6 Å². The zero-order chi connectivity index (χ0) is 23.4. The molecule has 1 saturated carbocycles. The Balaban J connectivity index is 1.31. The van der Waals surface area contributed by atoms with Crippen LogP contribution in [0.25, 0.3) is 0 Å². The molecule has 1 unspecified atom stereocenters. The van der Waals surface area contributed by atoms with Crippen LogP contribution in [-0.2, 0) is 9.59 Å². The predicted octanol–water partition coefficient (Wildman–Crippen LogP) is 1.87. The number of likely N-dealkylation sites (tertiary alicyclic amines) is 1. The third kappa shape index (κ3) is 5.61. The van der Waals surface area contributed by atoms with E-state index in [1.807, 2.05) is 0 Å². The number of hydrazone groups is 1. The van der Waals surface area contributed by atoms with Crippen molar-refractivity contribution in [3.63, 3.8) is 0 Å². The molecule has 9 nitrogen and oxygen atoms in total. The number of hydrogen-bond donors (Lipinski definition) is 3. The van der Waals surface area contributed by atoms with Crippen LogP contribution in [-0.4, -0.2) is 59.7 Å². The number of rotatable bonds is 5. The Kier molecular flexibility index (Phi) is 7.10. The molecule has 33 heavy (non-hydrogen) atoms. The van der Waals surface area contributed by atoms with Crippen LogP contribution in [0.5, 0.6) is 0 Å². The van der Waals surface area contributed by atoms with Gasteiger partial charge in [-0.05, 0) is 49.9 Å². The minimum atomic E-state index is -0.794. The van der Waals surface area contributed by atoms with Crippen LogP contribution < -0.4 is 21.4 Å². The smallest absolute Gasteiger partial charge is 0.315 e. The Bertz CT molecular complexity index is 907. The van der Waals surface area contributed by atoms with E-state index in [0.29, 0.717) is 31.6 Å². The molecule has 0 radical (unpaired) electrons. The van der Waals surface area contributed by atoms with Gasteiger partial charge in [0.05, 0.1) is 5.69 Å². The molecule has 1 aromatic carbocycles. The summed E-state index contributed by atoms with van der Waals surface area (Å²) in [6, 6.07) is 4.87. The summed E-state index contributed by atoms with van der Waals surface area (Å²) in [7, 11) is 0. The van der Waals surface area contributed by atoms with Crippen LogP contribution in [0.3, 0.4) is 0 Å². The summed E-state index contributed by atoms with van der Waals surface area (Å²) >= 11 is 0. The van der Waals surface area contributed by atoms with Gasteiger partial charge in [-0.25, -0.2) is 9.18 Å². The van der Waals surface area contributed by atoms with Crippen LogP contribution >= 0.6 is 0 Å². The Hall–Kier alpha value is -3.17. The first-order chi connectivity index (χ1) is 15.9. The lowest BCUT2D eigenvalue weighted by Crippen LogP contribution is -2.51. The van der Waals surface area contributed by atoms with E-state index in [1.165, 1.54) is 35.7 Å². The fourth-order valence-corrected chi connectivity index (χ4v) is 4.76. The van der Waals surface area contributed by atoms with E-state index in [-0.39, 0.29) is 36.2 Å². The fraction of sp³-hybridized carbons (Fsp3) is 0.565. The van der Waals surface area contributed by atoms with Crippen molar-refractivity contribution in [1.82, 2.24) is 15.5 Å². The fourth-order valence-electron chi connectivity index (χ4n) is 4.76. The van der Waals surface area contributed by atoms with Gasteiger partial charge in [0.2, 0.25) is 5.91 Å². The molecule has 0 bridgehead atoms. The third-order valence-electron chi connectivity index (χ3n) is 6.63. The number of urea groups is 1. The highest BCUT2D eigenvalue weighted by Gasteiger charge is 2.37. The van der Waals surface area contributed by atoms with Gasteiger partial charge in [0.15, 0.2) is 0 Å². The monoisotopic (exact) mass is 458 g/mol. The van der Waals surface area contributed by atoms with E-state index in [2.05, 4.69) is 15.7 Å². The molecule has 2 aliphatic heterocycles. The number of hydrogen-bond acceptors (Lipinski definition) is 5. The van der Waals surface area contributed by atoms with E-state index in [9.17, 15) is 18.8 Å². The van der Waals surface area contributed by atoms with Gasteiger partial charge < -0.3 is 21.3 Å². The lowest BCUT2D eigenvalue weighted by Gasteiger charge is -2.33. The van der Waals surface area contributed by atoms with Gasteiger partial charge in [0.25, 0.3) is 5.91 Å². The molecule has 10 heteroatoms. The maximum atomic E-state index is 13.3. The molecule has 178 valence electrons. The van der Waals surface area contributed by atoms with Gasteiger partial charge >= 0.3 is 6.03 Å². The number of amides is 4. The molecule has 1 atom stereocenters. The lowest BCUT2D eigenvalue weighted by atomic mass is 9.96. The van der Waals surface area contributed by atoms with Gasteiger partial charge in [-0.2, -0.15) is 5.10 Å². The molecule has 1 aromatic rings.